The fraction of sp³-hybridized carbons (Fsp3) is 0.645. The second kappa shape index (κ2) is 27.3. The van der Waals surface area contributed by atoms with Crippen molar-refractivity contribution in [2.24, 2.45) is 0 Å². The number of esters is 3. The minimum atomic E-state index is -0.105. The van der Waals surface area contributed by atoms with Gasteiger partial charge in [-0.3, -0.25) is 14.4 Å². The normalized spacial score (nSPS) is 9.50. The second-order valence-electron chi connectivity index (χ2n) is 9.10. The van der Waals surface area contributed by atoms with Gasteiger partial charge in [-0.2, -0.15) is 4.98 Å². The summed E-state index contributed by atoms with van der Waals surface area (Å²) in [6.45, 7) is 10.1. The summed E-state index contributed by atoms with van der Waals surface area (Å²) in [5.41, 5.74) is 2.21. The third-order valence-corrected chi connectivity index (χ3v) is 5.47. The number of hydrogen-bond donors (Lipinski definition) is 0. The molecule has 0 radical (unpaired) electrons. The lowest BCUT2D eigenvalue weighted by molar-refractivity contribution is -0.141. The summed E-state index contributed by atoms with van der Waals surface area (Å²) in [5, 5.41) is 3.83. The number of benzene rings is 1. The van der Waals surface area contributed by atoms with E-state index in [2.05, 4.69) is 38.2 Å². The van der Waals surface area contributed by atoms with Crippen LogP contribution in [0.4, 0.5) is 0 Å². The lowest BCUT2D eigenvalue weighted by Crippen LogP contribution is -1.98. The first-order valence-electron chi connectivity index (χ1n) is 14.3. The summed E-state index contributed by atoms with van der Waals surface area (Å²) >= 11 is 0. The number of rotatable bonds is 13. The number of nitrogens with zero attached hydrogens (tertiary/aromatic N) is 2. The molecule has 0 spiro atoms. The molecule has 0 aliphatic carbocycles. The molecule has 9 heteroatoms. The topological polar surface area (TPSA) is 118 Å². The number of methoxy groups -OCH3 is 3. The molecule has 0 atom stereocenters. The Kier molecular flexibility index (Phi) is 26.6. The largest absolute Gasteiger partial charge is 0.469 e. The number of ether oxygens (including phenoxy) is 3. The predicted octanol–water partition coefficient (Wildman–Crippen LogP) is 7.57. The van der Waals surface area contributed by atoms with Gasteiger partial charge in [0.2, 0.25) is 11.7 Å². The van der Waals surface area contributed by atoms with Crippen molar-refractivity contribution in [1.29, 1.82) is 0 Å². The van der Waals surface area contributed by atoms with Crippen LogP contribution in [0.15, 0.2) is 28.8 Å². The third-order valence-electron chi connectivity index (χ3n) is 5.47. The first-order chi connectivity index (χ1) is 19.2. The molecule has 0 N–H and O–H groups in total. The highest BCUT2D eigenvalue weighted by molar-refractivity contribution is 5.69. The van der Waals surface area contributed by atoms with Crippen molar-refractivity contribution in [2.45, 2.75) is 112 Å². The number of carbonyl (C=O) groups excluding carboxylic acids is 3. The maximum atomic E-state index is 10.6. The standard InChI is InChI=1S/C10H10N2O.C8H16O2.C7H14O2.C6H12O2/c1-7-3-5-9(6-4-7)10-11-8(2)13-12-10;1-3-4-5-6-7-8(9)10-2;1-3-4-5-6-7(8)9-2;1-3-4-5-6(7)8-2/h3-6H,1-2H3;3-7H2,1-2H3;3-6H2,1-2H3;3-5H2,1-2H3. The van der Waals surface area contributed by atoms with Crippen LogP contribution in [-0.2, 0) is 28.6 Å². The average molecular weight is 565 g/mol. The highest BCUT2D eigenvalue weighted by Gasteiger charge is 2.04. The molecule has 0 saturated heterocycles. The van der Waals surface area contributed by atoms with Gasteiger partial charge in [-0.05, 0) is 26.2 Å². The van der Waals surface area contributed by atoms with E-state index < -0.39 is 0 Å². The first kappa shape index (κ1) is 38.9. The minimum absolute atomic E-state index is 0.0869. The zero-order chi connectivity index (χ0) is 30.6. The van der Waals surface area contributed by atoms with Crippen molar-refractivity contribution >= 4 is 17.9 Å². The lowest BCUT2D eigenvalue weighted by atomic mass is 10.1. The highest BCUT2D eigenvalue weighted by Crippen LogP contribution is 2.15. The van der Waals surface area contributed by atoms with Crippen LogP contribution in [0.3, 0.4) is 0 Å². The van der Waals surface area contributed by atoms with Crippen molar-refractivity contribution in [3.8, 4) is 11.4 Å². The van der Waals surface area contributed by atoms with Gasteiger partial charge in [0.05, 0.1) is 21.3 Å². The predicted molar refractivity (Wildman–Crippen MR) is 158 cm³/mol. The van der Waals surface area contributed by atoms with Gasteiger partial charge in [-0.1, -0.05) is 94.3 Å². The van der Waals surface area contributed by atoms with Crippen molar-refractivity contribution in [3.63, 3.8) is 0 Å². The molecule has 2 rings (SSSR count). The molecule has 1 aromatic heterocycles. The molecule has 1 aromatic carbocycles. The van der Waals surface area contributed by atoms with Gasteiger partial charge in [0.1, 0.15) is 0 Å². The van der Waals surface area contributed by atoms with Gasteiger partial charge in [0.25, 0.3) is 0 Å². The molecule has 0 aliphatic heterocycles. The quantitative estimate of drug-likeness (QED) is 0.138. The van der Waals surface area contributed by atoms with Crippen LogP contribution in [0.2, 0.25) is 0 Å². The molecular weight excluding hydrogens is 512 g/mol. The fourth-order valence-electron chi connectivity index (χ4n) is 2.96. The summed E-state index contributed by atoms with van der Waals surface area (Å²) in [6, 6.07) is 8.03. The highest BCUT2D eigenvalue weighted by atomic mass is 16.5. The van der Waals surface area contributed by atoms with E-state index in [9.17, 15) is 14.4 Å². The smallest absolute Gasteiger partial charge is 0.305 e. The van der Waals surface area contributed by atoms with Gasteiger partial charge in [-0.25, -0.2) is 0 Å². The molecule has 0 unspecified atom stereocenters. The Hall–Kier alpha value is -3.23. The van der Waals surface area contributed by atoms with E-state index >= 15 is 0 Å². The van der Waals surface area contributed by atoms with Gasteiger partial charge < -0.3 is 18.7 Å². The molecule has 228 valence electrons. The maximum absolute atomic E-state index is 10.6. The molecule has 2 aromatic rings. The lowest BCUT2D eigenvalue weighted by Gasteiger charge is -1.97. The minimum Gasteiger partial charge on any atom is -0.469 e. The van der Waals surface area contributed by atoms with Crippen LogP contribution in [0.25, 0.3) is 11.4 Å². The van der Waals surface area contributed by atoms with Crippen LogP contribution < -0.4 is 0 Å². The summed E-state index contributed by atoms with van der Waals surface area (Å²) < 4.78 is 18.3. The Morgan fingerprint density at radius 2 is 1.07 bits per heavy atom. The van der Waals surface area contributed by atoms with E-state index in [1.807, 2.05) is 38.1 Å². The molecular formula is C31H52N2O7. The Balaban J connectivity index is 0. The number of aromatic nitrogens is 2. The zero-order valence-electron chi connectivity index (χ0n) is 26.0. The molecule has 0 bridgehead atoms. The van der Waals surface area contributed by atoms with Crippen LogP contribution in [0.1, 0.15) is 109 Å². The summed E-state index contributed by atoms with van der Waals surface area (Å²) in [5.74, 6) is 0.958. The Bertz CT molecular complexity index is 895. The van der Waals surface area contributed by atoms with E-state index in [-0.39, 0.29) is 17.9 Å². The molecule has 0 amide bonds. The van der Waals surface area contributed by atoms with Crippen molar-refractivity contribution in [3.05, 3.63) is 35.7 Å². The Morgan fingerprint density at radius 1 is 0.650 bits per heavy atom. The van der Waals surface area contributed by atoms with Crippen LogP contribution in [-0.4, -0.2) is 49.4 Å². The fourth-order valence-corrected chi connectivity index (χ4v) is 2.96. The molecule has 0 saturated carbocycles. The summed E-state index contributed by atoms with van der Waals surface area (Å²) in [6.07, 6.45) is 11.5. The van der Waals surface area contributed by atoms with Gasteiger partial charge in [0, 0.05) is 31.7 Å². The number of aryl methyl sites for hydroxylation is 2. The Labute approximate surface area is 241 Å². The van der Waals surface area contributed by atoms with E-state index in [0.717, 1.165) is 50.5 Å². The molecule has 0 aliphatic rings. The first-order valence-corrected chi connectivity index (χ1v) is 14.3. The van der Waals surface area contributed by atoms with Crippen LogP contribution >= 0.6 is 0 Å². The number of unbranched alkanes of at least 4 members (excludes halogenated alkanes) is 6. The van der Waals surface area contributed by atoms with Crippen LogP contribution in [0.5, 0.6) is 0 Å². The molecule has 1 heterocycles. The SMILES string of the molecule is CCCCC(=O)OC.CCCCCC(=O)OC.CCCCCCC(=O)OC.Cc1ccc(-c2noc(C)n2)cc1. The Morgan fingerprint density at radius 3 is 1.48 bits per heavy atom. The van der Waals surface area contributed by atoms with E-state index in [1.54, 1.807) is 6.92 Å². The molecule has 40 heavy (non-hydrogen) atoms. The van der Waals surface area contributed by atoms with E-state index in [4.69, 9.17) is 4.52 Å². The van der Waals surface area contributed by atoms with E-state index in [0.29, 0.717) is 31.0 Å². The van der Waals surface area contributed by atoms with Crippen molar-refractivity contribution < 1.29 is 33.1 Å². The van der Waals surface area contributed by atoms with Gasteiger partial charge >= 0.3 is 17.9 Å². The van der Waals surface area contributed by atoms with Crippen molar-refractivity contribution in [2.75, 3.05) is 21.3 Å². The van der Waals surface area contributed by atoms with E-state index in [1.165, 1.54) is 39.7 Å². The summed E-state index contributed by atoms with van der Waals surface area (Å²) in [4.78, 5) is 35.5. The van der Waals surface area contributed by atoms with Gasteiger partial charge in [0.15, 0.2) is 0 Å². The molecule has 9 nitrogen and oxygen atoms in total. The molecule has 0 fully saturated rings. The maximum Gasteiger partial charge on any atom is 0.305 e. The summed E-state index contributed by atoms with van der Waals surface area (Å²) in [7, 11) is 4.27. The van der Waals surface area contributed by atoms with Crippen molar-refractivity contribution in [1.82, 2.24) is 10.1 Å². The second-order valence-corrected chi connectivity index (χ2v) is 9.10. The number of carbonyl (C=O) groups is 3. The van der Waals surface area contributed by atoms with Gasteiger partial charge in [-0.15, -0.1) is 0 Å². The average Bonchev–Trinajstić information content (AvgIpc) is 3.41. The monoisotopic (exact) mass is 564 g/mol. The number of hydrogen-bond acceptors (Lipinski definition) is 9. The third kappa shape index (κ3) is 23.9. The van der Waals surface area contributed by atoms with Crippen LogP contribution in [0, 0.1) is 13.8 Å². The zero-order valence-corrected chi connectivity index (χ0v) is 26.0.